The summed E-state index contributed by atoms with van der Waals surface area (Å²) >= 11 is 5.94. The Morgan fingerprint density at radius 1 is 0.787 bits per heavy atom. The lowest BCUT2D eigenvalue weighted by Gasteiger charge is -2.26. The summed E-state index contributed by atoms with van der Waals surface area (Å²) in [4.78, 5) is 63.2. The molecular formula is C33H47ClN6O7. The summed E-state index contributed by atoms with van der Waals surface area (Å²) < 4.78 is 5.20. The number of hydrogen-bond donors (Lipinski definition) is 7. The van der Waals surface area contributed by atoms with Gasteiger partial charge in [0.25, 0.3) is 0 Å². The summed E-state index contributed by atoms with van der Waals surface area (Å²) in [5.74, 6) is -2.51. The number of carbonyl (C=O) groups is 5. The van der Waals surface area contributed by atoms with Crippen LogP contribution in [0.15, 0.2) is 54.6 Å². The number of benzene rings is 2. The molecule has 258 valence electrons. The van der Waals surface area contributed by atoms with Crippen LogP contribution in [0.1, 0.15) is 63.5 Å². The molecule has 3 atom stereocenters. The first kappa shape index (κ1) is 38.8. The van der Waals surface area contributed by atoms with Gasteiger partial charge in [-0.25, -0.2) is 14.4 Å². The van der Waals surface area contributed by atoms with Crippen molar-refractivity contribution in [3.05, 3.63) is 70.7 Å². The summed E-state index contributed by atoms with van der Waals surface area (Å²) in [6.07, 6.45) is 1.71. The fourth-order valence-electron chi connectivity index (χ4n) is 4.51. The van der Waals surface area contributed by atoms with Gasteiger partial charge in [-0.3, -0.25) is 9.59 Å². The molecule has 0 saturated carbocycles. The minimum atomic E-state index is -1.21. The van der Waals surface area contributed by atoms with Gasteiger partial charge in [0.2, 0.25) is 11.8 Å². The molecule has 0 saturated heterocycles. The van der Waals surface area contributed by atoms with E-state index in [4.69, 9.17) is 22.1 Å². The Hall–Kier alpha value is -4.36. The van der Waals surface area contributed by atoms with Gasteiger partial charge in [0.1, 0.15) is 24.7 Å². The molecule has 0 aliphatic rings. The van der Waals surface area contributed by atoms with E-state index in [0.29, 0.717) is 37.3 Å². The Bertz CT molecular complexity index is 1280. The molecular weight excluding hydrogens is 628 g/mol. The third-order valence-corrected chi connectivity index (χ3v) is 7.45. The van der Waals surface area contributed by atoms with Crippen molar-refractivity contribution in [1.82, 2.24) is 26.6 Å². The highest BCUT2D eigenvalue weighted by Gasteiger charge is 2.29. The molecule has 47 heavy (non-hydrogen) atoms. The first-order chi connectivity index (χ1) is 22.5. The predicted octanol–water partition coefficient (Wildman–Crippen LogP) is 3.44. The van der Waals surface area contributed by atoms with Crippen LogP contribution in [0, 0.1) is 5.92 Å². The number of nitrogens with one attached hydrogen (secondary N) is 5. The lowest BCUT2D eigenvalue weighted by Crippen LogP contribution is -2.57. The number of ether oxygens (including phenoxy) is 1. The molecule has 2 rings (SSSR count). The Kier molecular flexibility index (Phi) is 17.7. The van der Waals surface area contributed by atoms with Crippen molar-refractivity contribution in [3.8, 4) is 0 Å². The van der Waals surface area contributed by atoms with Gasteiger partial charge >= 0.3 is 18.1 Å². The maximum atomic E-state index is 13.5. The number of carboxylic acid groups (broad SMARTS) is 1. The summed E-state index contributed by atoms with van der Waals surface area (Å²) in [5, 5.41) is 23.3. The van der Waals surface area contributed by atoms with Crippen molar-refractivity contribution in [3.63, 3.8) is 0 Å². The predicted molar refractivity (Wildman–Crippen MR) is 178 cm³/mol. The minimum Gasteiger partial charge on any atom is -0.480 e. The Morgan fingerprint density at radius 2 is 1.43 bits per heavy atom. The molecule has 8 N–H and O–H groups in total. The molecule has 2 aromatic rings. The molecule has 0 spiro atoms. The number of nitrogens with two attached hydrogens (primary N) is 1. The molecule has 0 fully saturated rings. The second-order valence-electron chi connectivity index (χ2n) is 11.4. The Morgan fingerprint density at radius 3 is 2.06 bits per heavy atom. The smallest absolute Gasteiger partial charge is 0.407 e. The first-order valence-corrected chi connectivity index (χ1v) is 16.1. The van der Waals surface area contributed by atoms with Crippen LogP contribution < -0.4 is 32.3 Å². The van der Waals surface area contributed by atoms with Crippen LogP contribution in [0.2, 0.25) is 5.02 Å². The van der Waals surface area contributed by atoms with Gasteiger partial charge in [0.05, 0.1) is 0 Å². The fourth-order valence-corrected chi connectivity index (χ4v) is 4.63. The fraction of sp³-hybridized carbons (Fsp3) is 0.485. The second-order valence-corrected chi connectivity index (χ2v) is 11.8. The van der Waals surface area contributed by atoms with Crippen LogP contribution in [0.5, 0.6) is 0 Å². The third-order valence-electron chi connectivity index (χ3n) is 7.20. The van der Waals surface area contributed by atoms with Gasteiger partial charge in [0.15, 0.2) is 0 Å². The highest BCUT2D eigenvalue weighted by molar-refractivity contribution is 6.30. The van der Waals surface area contributed by atoms with Gasteiger partial charge in [-0.05, 0) is 74.2 Å². The number of aliphatic carboxylic acids is 1. The maximum absolute atomic E-state index is 13.5. The average Bonchev–Trinajstić information content (AvgIpc) is 3.04. The van der Waals surface area contributed by atoms with E-state index >= 15 is 0 Å². The second kappa shape index (κ2) is 21.4. The van der Waals surface area contributed by atoms with Crippen molar-refractivity contribution in [2.45, 2.75) is 83.6 Å². The van der Waals surface area contributed by atoms with Crippen molar-refractivity contribution in [1.29, 1.82) is 0 Å². The molecule has 5 amide bonds. The van der Waals surface area contributed by atoms with Crippen LogP contribution in [0.4, 0.5) is 9.59 Å². The zero-order valence-corrected chi connectivity index (χ0v) is 27.7. The number of alkyl carbamates (subject to hydrolysis) is 1. The summed E-state index contributed by atoms with van der Waals surface area (Å²) in [6.45, 7) is 4.57. The van der Waals surface area contributed by atoms with Crippen LogP contribution in [-0.2, 0) is 32.3 Å². The monoisotopic (exact) mass is 674 g/mol. The normalized spacial score (nSPS) is 12.7. The van der Waals surface area contributed by atoms with E-state index in [-0.39, 0.29) is 38.5 Å². The number of carboxylic acids is 1. The topological polar surface area (TPSA) is 201 Å². The largest absolute Gasteiger partial charge is 0.480 e. The van der Waals surface area contributed by atoms with Gasteiger partial charge in [-0.2, -0.15) is 0 Å². The number of halogens is 1. The van der Waals surface area contributed by atoms with E-state index in [1.807, 2.05) is 30.3 Å². The molecule has 0 unspecified atom stereocenters. The Labute approximate surface area is 280 Å². The summed E-state index contributed by atoms with van der Waals surface area (Å²) in [7, 11) is 0. The zero-order chi connectivity index (χ0) is 34.6. The molecule has 0 heterocycles. The van der Waals surface area contributed by atoms with E-state index in [1.165, 1.54) is 0 Å². The zero-order valence-electron chi connectivity index (χ0n) is 26.9. The van der Waals surface area contributed by atoms with Gasteiger partial charge < -0.3 is 42.2 Å². The molecule has 0 radical (unpaired) electrons. The summed E-state index contributed by atoms with van der Waals surface area (Å²) in [6, 6.07) is 12.2. The van der Waals surface area contributed by atoms with E-state index in [0.717, 1.165) is 11.1 Å². The van der Waals surface area contributed by atoms with E-state index < -0.39 is 48.0 Å². The van der Waals surface area contributed by atoms with Gasteiger partial charge in [0, 0.05) is 18.1 Å². The lowest BCUT2D eigenvalue weighted by molar-refractivity contribution is -0.139. The number of urea groups is 1. The minimum absolute atomic E-state index is 0.127. The van der Waals surface area contributed by atoms with E-state index in [1.54, 1.807) is 38.1 Å². The highest BCUT2D eigenvalue weighted by Crippen LogP contribution is 2.11. The molecule has 13 nitrogen and oxygen atoms in total. The van der Waals surface area contributed by atoms with Gasteiger partial charge in [-0.1, -0.05) is 67.9 Å². The standard InChI is InChI=1S/C33H47ClN6O7/c1-22(2)28(30(42)37-20-23-14-16-25(34)17-15-23)40-29(41)26(38-32(45)39-27(31(43)44)13-6-8-18-35)12-7-9-19-36-33(46)47-21-24-10-4-3-5-11-24/h3-5,10-11,14-17,22,26-28H,6-9,12-13,18-21,35H2,1-2H3,(H,36,46)(H,37,42)(H,40,41)(H,43,44)(H2,38,39,45)/t26-,27+,28+/m1/s1. The van der Waals surface area contributed by atoms with Crippen LogP contribution in [0.25, 0.3) is 0 Å². The molecule has 0 aliphatic heterocycles. The highest BCUT2D eigenvalue weighted by atomic mass is 35.5. The quantitative estimate of drug-likeness (QED) is 0.104. The van der Waals surface area contributed by atoms with Gasteiger partial charge in [-0.15, -0.1) is 0 Å². The van der Waals surface area contributed by atoms with Crippen LogP contribution in [-0.4, -0.2) is 66.2 Å². The number of unbranched alkanes of at least 4 members (excludes halogenated alkanes) is 2. The van der Waals surface area contributed by atoms with Crippen molar-refractivity contribution < 1.29 is 33.8 Å². The SMILES string of the molecule is CC(C)[C@H](NC(=O)[C@@H](CCCCNC(=O)OCc1ccccc1)NC(=O)N[C@@H](CCCCN)C(=O)O)C(=O)NCc1ccc(Cl)cc1. The van der Waals surface area contributed by atoms with Crippen LogP contribution >= 0.6 is 11.6 Å². The van der Waals surface area contributed by atoms with E-state index in [2.05, 4.69) is 26.6 Å². The summed E-state index contributed by atoms with van der Waals surface area (Å²) in [5.41, 5.74) is 7.17. The third kappa shape index (κ3) is 15.7. The molecule has 0 bridgehead atoms. The number of amides is 5. The van der Waals surface area contributed by atoms with Crippen LogP contribution in [0.3, 0.4) is 0 Å². The first-order valence-electron chi connectivity index (χ1n) is 15.8. The molecule has 2 aromatic carbocycles. The van der Waals surface area contributed by atoms with Crippen molar-refractivity contribution >= 4 is 41.5 Å². The number of rotatable bonds is 20. The lowest BCUT2D eigenvalue weighted by atomic mass is 10.0. The molecule has 14 heteroatoms. The number of hydrogen-bond acceptors (Lipinski definition) is 7. The van der Waals surface area contributed by atoms with Crippen molar-refractivity contribution in [2.24, 2.45) is 11.7 Å². The van der Waals surface area contributed by atoms with E-state index in [9.17, 15) is 29.1 Å². The van der Waals surface area contributed by atoms with Crippen molar-refractivity contribution in [2.75, 3.05) is 13.1 Å². The number of carbonyl (C=O) groups excluding carboxylic acids is 4. The molecule has 0 aliphatic carbocycles. The Balaban J connectivity index is 1.99. The maximum Gasteiger partial charge on any atom is 0.407 e. The molecule has 0 aromatic heterocycles. The average molecular weight is 675 g/mol.